The third-order valence-electron chi connectivity index (χ3n) is 4.14. The van der Waals surface area contributed by atoms with Crippen LogP contribution in [0.1, 0.15) is 38.2 Å². The molecule has 2 rings (SSSR count). The maximum absolute atomic E-state index is 5.34. The van der Waals surface area contributed by atoms with Gasteiger partial charge in [-0.15, -0.1) is 0 Å². The zero-order valence-corrected chi connectivity index (χ0v) is 15.1. The lowest BCUT2D eigenvalue weighted by Gasteiger charge is -2.28. The second-order valence-corrected chi connectivity index (χ2v) is 5.97. The molecule has 1 aliphatic heterocycles. The fourth-order valence-corrected chi connectivity index (χ4v) is 2.80. The highest BCUT2D eigenvalue weighted by Crippen LogP contribution is 2.18. The Balaban J connectivity index is 1.77. The Morgan fingerprint density at radius 3 is 2.88 bits per heavy atom. The van der Waals surface area contributed by atoms with Crippen LogP contribution in [0.25, 0.3) is 0 Å². The van der Waals surface area contributed by atoms with E-state index in [0.29, 0.717) is 0 Å². The number of aromatic nitrogens is 1. The van der Waals surface area contributed by atoms with E-state index in [0.717, 1.165) is 57.6 Å². The molecule has 0 aliphatic carbocycles. The maximum Gasteiger partial charge on any atom is 0.191 e. The highest BCUT2D eigenvalue weighted by atomic mass is 16.5. The zero-order valence-electron chi connectivity index (χ0n) is 15.1. The topological polar surface area (TPSA) is 61.8 Å². The Morgan fingerprint density at radius 2 is 2.12 bits per heavy atom. The molecule has 0 aromatic carbocycles. The van der Waals surface area contributed by atoms with Crippen LogP contribution in [0.2, 0.25) is 0 Å². The Labute approximate surface area is 145 Å². The summed E-state index contributed by atoms with van der Waals surface area (Å²) in [6.45, 7) is 7.41. The van der Waals surface area contributed by atoms with E-state index in [2.05, 4.69) is 37.6 Å². The number of pyridine rings is 1. The third kappa shape index (κ3) is 6.35. The van der Waals surface area contributed by atoms with Crippen molar-refractivity contribution in [2.75, 3.05) is 44.8 Å². The van der Waals surface area contributed by atoms with E-state index in [1.807, 2.05) is 13.1 Å². The third-order valence-corrected chi connectivity index (χ3v) is 4.14. The lowest BCUT2D eigenvalue weighted by molar-refractivity contribution is 0.145. The molecule has 1 aromatic heterocycles. The molecule has 1 aliphatic rings. The van der Waals surface area contributed by atoms with Crippen molar-refractivity contribution in [1.82, 2.24) is 15.6 Å². The van der Waals surface area contributed by atoms with Crippen molar-refractivity contribution in [3.05, 3.63) is 23.9 Å². The molecule has 1 saturated heterocycles. The number of ether oxygens (including phenoxy) is 1. The summed E-state index contributed by atoms with van der Waals surface area (Å²) in [4.78, 5) is 11.2. The lowest BCUT2D eigenvalue weighted by atomic mass is 10.1. The zero-order chi connectivity index (χ0) is 17.0. The first-order valence-electron chi connectivity index (χ1n) is 9.05. The van der Waals surface area contributed by atoms with Crippen LogP contribution in [0, 0.1) is 0 Å². The van der Waals surface area contributed by atoms with Crippen LogP contribution in [-0.2, 0) is 11.3 Å². The van der Waals surface area contributed by atoms with Crippen molar-refractivity contribution in [2.24, 2.45) is 4.99 Å². The molecule has 2 N–H and O–H groups in total. The molecule has 0 unspecified atom stereocenters. The SMILES string of the molecule is CCOCCCNC(=NC)NCc1ccnc(N2CCCCC2)c1. The average Bonchev–Trinajstić information content (AvgIpc) is 2.65. The minimum Gasteiger partial charge on any atom is -0.382 e. The number of hydrogen-bond donors (Lipinski definition) is 2. The highest BCUT2D eigenvalue weighted by Gasteiger charge is 2.12. The summed E-state index contributed by atoms with van der Waals surface area (Å²) < 4.78 is 5.34. The second kappa shape index (κ2) is 10.9. The van der Waals surface area contributed by atoms with Gasteiger partial charge in [0.05, 0.1) is 0 Å². The predicted molar refractivity (Wildman–Crippen MR) is 99.6 cm³/mol. The lowest BCUT2D eigenvalue weighted by Crippen LogP contribution is -2.37. The molecule has 0 saturated carbocycles. The molecular formula is C18H31N5O. The molecule has 134 valence electrons. The Bertz CT molecular complexity index is 500. The summed E-state index contributed by atoms with van der Waals surface area (Å²) in [5, 5.41) is 6.67. The van der Waals surface area contributed by atoms with Crippen molar-refractivity contribution >= 4 is 11.8 Å². The van der Waals surface area contributed by atoms with Crippen LogP contribution in [0.5, 0.6) is 0 Å². The van der Waals surface area contributed by atoms with Crippen molar-refractivity contribution in [2.45, 2.75) is 39.2 Å². The van der Waals surface area contributed by atoms with Crippen molar-refractivity contribution in [1.29, 1.82) is 0 Å². The van der Waals surface area contributed by atoms with Gasteiger partial charge in [0.25, 0.3) is 0 Å². The largest absolute Gasteiger partial charge is 0.382 e. The van der Waals surface area contributed by atoms with E-state index >= 15 is 0 Å². The smallest absolute Gasteiger partial charge is 0.191 e. The van der Waals surface area contributed by atoms with Crippen molar-refractivity contribution in [3.63, 3.8) is 0 Å². The number of hydrogen-bond acceptors (Lipinski definition) is 4. The minimum atomic E-state index is 0.745. The number of anilines is 1. The molecule has 0 amide bonds. The summed E-state index contributed by atoms with van der Waals surface area (Å²) >= 11 is 0. The maximum atomic E-state index is 5.34. The van der Waals surface area contributed by atoms with Crippen LogP contribution < -0.4 is 15.5 Å². The van der Waals surface area contributed by atoms with Gasteiger partial charge in [0, 0.05) is 52.6 Å². The number of rotatable bonds is 8. The molecule has 0 atom stereocenters. The van der Waals surface area contributed by atoms with E-state index in [1.165, 1.54) is 24.8 Å². The van der Waals surface area contributed by atoms with Gasteiger partial charge in [0.2, 0.25) is 0 Å². The van der Waals surface area contributed by atoms with E-state index in [4.69, 9.17) is 4.74 Å². The summed E-state index contributed by atoms with van der Waals surface area (Å²) in [7, 11) is 1.80. The molecular weight excluding hydrogens is 302 g/mol. The standard InChI is InChI=1S/C18H31N5O/c1-3-24-13-7-9-21-18(19-2)22-15-16-8-10-20-17(14-16)23-11-5-4-6-12-23/h8,10,14H,3-7,9,11-13,15H2,1-2H3,(H2,19,21,22). The van der Waals surface area contributed by atoms with Crippen LogP contribution in [0.3, 0.4) is 0 Å². The van der Waals surface area contributed by atoms with Crippen LogP contribution in [-0.4, -0.2) is 50.8 Å². The van der Waals surface area contributed by atoms with Gasteiger partial charge in [-0.2, -0.15) is 0 Å². The summed E-state index contributed by atoms with van der Waals surface area (Å²) in [6, 6.07) is 4.24. The molecule has 0 spiro atoms. The molecule has 1 fully saturated rings. The van der Waals surface area contributed by atoms with Gasteiger partial charge in [0.1, 0.15) is 5.82 Å². The van der Waals surface area contributed by atoms with Crippen LogP contribution in [0.4, 0.5) is 5.82 Å². The number of nitrogens with one attached hydrogen (secondary N) is 2. The molecule has 1 aromatic rings. The first kappa shape index (κ1) is 18.5. The number of aliphatic imine (C=N–C) groups is 1. The van der Waals surface area contributed by atoms with Crippen LogP contribution >= 0.6 is 0 Å². The predicted octanol–water partition coefficient (Wildman–Crippen LogP) is 2.16. The van der Waals surface area contributed by atoms with Gasteiger partial charge >= 0.3 is 0 Å². The summed E-state index contributed by atoms with van der Waals surface area (Å²) in [5.41, 5.74) is 1.22. The van der Waals surface area contributed by atoms with Gasteiger partial charge in [-0.25, -0.2) is 4.98 Å². The van der Waals surface area contributed by atoms with Crippen molar-refractivity contribution in [3.8, 4) is 0 Å². The van der Waals surface area contributed by atoms with Gasteiger partial charge in [0.15, 0.2) is 5.96 Å². The van der Waals surface area contributed by atoms with E-state index in [-0.39, 0.29) is 0 Å². The fourth-order valence-electron chi connectivity index (χ4n) is 2.80. The van der Waals surface area contributed by atoms with Crippen molar-refractivity contribution < 1.29 is 4.74 Å². The fraction of sp³-hybridized carbons (Fsp3) is 0.667. The van der Waals surface area contributed by atoms with Gasteiger partial charge in [-0.1, -0.05) is 0 Å². The normalized spacial score (nSPS) is 15.4. The molecule has 6 heteroatoms. The second-order valence-electron chi connectivity index (χ2n) is 5.97. The van der Waals surface area contributed by atoms with E-state index in [9.17, 15) is 0 Å². The highest BCUT2D eigenvalue weighted by molar-refractivity contribution is 5.79. The average molecular weight is 333 g/mol. The van der Waals surface area contributed by atoms with Gasteiger partial charge in [-0.3, -0.25) is 4.99 Å². The molecule has 24 heavy (non-hydrogen) atoms. The first-order chi connectivity index (χ1) is 11.8. The number of nitrogens with zero attached hydrogens (tertiary/aromatic N) is 3. The van der Waals surface area contributed by atoms with Gasteiger partial charge in [-0.05, 0) is 50.3 Å². The Kier molecular flexibility index (Phi) is 8.38. The van der Waals surface area contributed by atoms with Crippen LogP contribution in [0.15, 0.2) is 23.3 Å². The molecule has 0 radical (unpaired) electrons. The quantitative estimate of drug-likeness (QED) is 0.434. The Morgan fingerprint density at radius 1 is 1.29 bits per heavy atom. The molecule has 6 nitrogen and oxygen atoms in total. The number of piperidine rings is 1. The van der Waals surface area contributed by atoms with E-state index in [1.54, 1.807) is 7.05 Å². The van der Waals surface area contributed by atoms with E-state index < -0.39 is 0 Å². The summed E-state index contributed by atoms with van der Waals surface area (Å²) in [6.07, 6.45) is 6.75. The Hall–Kier alpha value is -1.82. The minimum absolute atomic E-state index is 0.745. The van der Waals surface area contributed by atoms with Gasteiger partial charge < -0.3 is 20.3 Å². The molecule has 2 heterocycles. The number of guanidine groups is 1. The first-order valence-corrected chi connectivity index (χ1v) is 9.05. The summed E-state index contributed by atoms with van der Waals surface area (Å²) in [5.74, 6) is 1.91. The monoisotopic (exact) mass is 333 g/mol. The molecule has 0 bridgehead atoms.